The number of piperidine rings is 2. The van der Waals surface area contributed by atoms with Gasteiger partial charge < -0.3 is 53.8 Å². The van der Waals surface area contributed by atoms with Crippen molar-refractivity contribution in [3.8, 4) is 0 Å². The first-order valence-corrected chi connectivity index (χ1v) is 17.8. The Kier molecular flexibility index (Phi) is 6.56. The number of hydrogen-bond acceptors (Lipinski definition) is 4. The predicted molar refractivity (Wildman–Crippen MR) is 180 cm³/mol. The van der Waals surface area contributed by atoms with Crippen LogP contribution in [-0.4, -0.2) is 96.8 Å². The number of aliphatic hydroxyl groups is 2. The monoisotopic (exact) mass is 684 g/mol. The molecule has 11 rings (SSSR count). The van der Waals surface area contributed by atoms with Crippen molar-refractivity contribution in [3.05, 3.63) is 107 Å². The molecule has 0 amide bonds. The molecule has 6 nitrogen and oxygen atoms in total. The molecule has 7 aliphatic heterocycles. The molecule has 2 N–H and O–H groups in total. The lowest BCUT2D eigenvalue weighted by Gasteiger charge is -2.58. The zero-order chi connectivity index (χ0) is 30.8. The van der Waals surface area contributed by atoms with Gasteiger partial charge in [-0.2, -0.15) is 0 Å². The number of halogens is 2. The van der Waals surface area contributed by atoms with Gasteiger partial charge in [-0.3, -0.25) is 0 Å². The van der Waals surface area contributed by atoms with Crippen molar-refractivity contribution in [2.24, 2.45) is 11.8 Å². The van der Waals surface area contributed by atoms with Crippen LogP contribution in [0.25, 0.3) is 0 Å². The van der Waals surface area contributed by atoms with Crippen molar-refractivity contribution in [1.82, 2.24) is 0 Å². The SMILES string of the molecule is C[N+]12CCC34c5ccccc5N5/C=C6/[C@H]7C[C@H]8[C@@]9(CC[N+]8(C)C/C7=C/CO)c7ccccc7N(/C=C(/[C@@H](C[C@@H]31)/C(=C\CO)C2)[C@H]54)[C@@H]69.[Cl-].[Cl-]. The lowest BCUT2D eigenvalue weighted by Crippen LogP contribution is -3.00. The summed E-state index contributed by atoms with van der Waals surface area (Å²) in [6.45, 7) is 4.70. The number of anilines is 2. The number of aliphatic hydroxyl groups excluding tert-OH is 2. The quantitative estimate of drug-likeness (QED) is 0.295. The molecule has 2 aliphatic carbocycles. The molecule has 2 saturated carbocycles. The van der Waals surface area contributed by atoms with Gasteiger partial charge in [-0.15, -0.1) is 0 Å². The molecule has 9 aliphatic rings. The van der Waals surface area contributed by atoms with Crippen LogP contribution in [0, 0.1) is 11.8 Å². The average Bonchev–Trinajstić information content (AvgIpc) is 3.73. The molecule has 4 saturated heterocycles. The maximum atomic E-state index is 10.3. The Morgan fingerprint density at radius 2 is 1.10 bits per heavy atom. The van der Waals surface area contributed by atoms with Crippen LogP contribution >= 0.6 is 0 Å². The third-order valence-corrected chi connectivity index (χ3v) is 15.3. The molecule has 252 valence electrons. The van der Waals surface area contributed by atoms with Crippen molar-refractivity contribution in [1.29, 1.82) is 0 Å². The van der Waals surface area contributed by atoms with E-state index in [1.165, 1.54) is 48.5 Å². The second-order valence-electron chi connectivity index (χ2n) is 16.7. The van der Waals surface area contributed by atoms with E-state index in [1.807, 2.05) is 0 Å². The summed E-state index contributed by atoms with van der Waals surface area (Å²) in [6.07, 6.45) is 14.4. The zero-order valence-corrected chi connectivity index (χ0v) is 29.4. The largest absolute Gasteiger partial charge is 1.00 e. The Balaban J connectivity index is 0.00000157. The van der Waals surface area contributed by atoms with Gasteiger partial charge in [-0.1, -0.05) is 48.6 Å². The minimum Gasteiger partial charge on any atom is -1.00 e. The molecule has 0 aromatic heterocycles. The summed E-state index contributed by atoms with van der Waals surface area (Å²) >= 11 is 0. The smallest absolute Gasteiger partial charge is 0.102 e. The molecule has 3 unspecified atom stereocenters. The van der Waals surface area contributed by atoms with Crippen LogP contribution in [0.3, 0.4) is 0 Å². The van der Waals surface area contributed by atoms with Gasteiger partial charge in [0.25, 0.3) is 0 Å². The van der Waals surface area contributed by atoms with Crippen LogP contribution in [-0.2, 0) is 10.8 Å². The van der Waals surface area contributed by atoms with Crippen LogP contribution in [0.4, 0.5) is 11.4 Å². The van der Waals surface area contributed by atoms with Gasteiger partial charge in [0.2, 0.25) is 0 Å². The van der Waals surface area contributed by atoms with Crippen LogP contribution in [0.5, 0.6) is 0 Å². The lowest BCUT2D eigenvalue weighted by atomic mass is 9.56. The highest BCUT2D eigenvalue weighted by molar-refractivity contribution is 5.77. The van der Waals surface area contributed by atoms with E-state index in [1.54, 1.807) is 22.3 Å². The minimum atomic E-state index is 0. The predicted octanol–water partition coefficient (Wildman–Crippen LogP) is -1.63. The van der Waals surface area contributed by atoms with Crippen LogP contribution in [0.1, 0.15) is 36.8 Å². The fraction of sp³-hybridized carbons (Fsp3) is 0.500. The Morgan fingerprint density at radius 3 is 1.52 bits per heavy atom. The second kappa shape index (κ2) is 10.0. The van der Waals surface area contributed by atoms with Crippen LogP contribution < -0.4 is 34.6 Å². The van der Waals surface area contributed by atoms with Crippen molar-refractivity contribution < 1.29 is 44.0 Å². The Labute approximate surface area is 296 Å². The number of fused-ring (bicyclic) bond motifs is 8. The van der Waals surface area contributed by atoms with E-state index in [9.17, 15) is 10.2 Å². The second-order valence-corrected chi connectivity index (χ2v) is 16.7. The number of benzene rings is 2. The van der Waals surface area contributed by atoms with Gasteiger partial charge in [0, 0.05) is 61.3 Å². The van der Waals surface area contributed by atoms with Crippen LogP contribution in [0.2, 0.25) is 0 Å². The summed E-state index contributed by atoms with van der Waals surface area (Å²) in [6, 6.07) is 20.5. The molecule has 2 aromatic carbocycles. The topological polar surface area (TPSA) is 46.9 Å². The molecule has 2 spiro atoms. The molecule has 48 heavy (non-hydrogen) atoms. The first-order valence-electron chi connectivity index (χ1n) is 17.8. The third kappa shape index (κ3) is 3.32. The van der Waals surface area contributed by atoms with Crippen molar-refractivity contribution in [3.63, 3.8) is 0 Å². The highest BCUT2D eigenvalue weighted by atomic mass is 35.5. The highest BCUT2D eigenvalue weighted by Crippen LogP contribution is 2.69. The number of rotatable bonds is 2. The number of quaternary nitrogens is 2. The van der Waals surface area contributed by atoms with Gasteiger partial charge in [0.1, 0.15) is 25.2 Å². The minimum absolute atomic E-state index is 0. The number of likely N-dealkylation sites (N-methyl/N-ethyl adjacent to an activating group) is 2. The van der Waals surface area contributed by atoms with Gasteiger partial charge >= 0.3 is 0 Å². The molecule has 4 bridgehead atoms. The number of nitrogens with zero attached hydrogens (tertiary/aromatic N) is 4. The highest BCUT2D eigenvalue weighted by Gasteiger charge is 2.74. The Bertz CT molecular complexity index is 1740. The molecule has 6 fully saturated rings. The summed E-state index contributed by atoms with van der Waals surface area (Å²) < 4.78 is 2.18. The Hall–Kier alpha value is -2.58. The lowest BCUT2D eigenvalue weighted by molar-refractivity contribution is -0.924. The van der Waals surface area contributed by atoms with Gasteiger partial charge in [0.15, 0.2) is 0 Å². The summed E-state index contributed by atoms with van der Waals surface area (Å²) in [4.78, 5) is 5.55. The molecule has 8 heteroatoms. The van der Waals surface area contributed by atoms with Crippen LogP contribution in [0.15, 0.2) is 95.4 Å². The number of para-hydroxylation sites is 2. The van der Waals surface area contributed by atoms with Gasteiger partial charge in [-0.05, 0) is 45.6 Å². The first kappa shape index (κ1) is 31.4. The fourth-order valence-corrected chi connectivity index (χ4v) is 13.8. The standard InChI is InChI=1S/C40H46N4O2.2ClH/c1-43-15-13-39-31-7-3-5-9-33(31)41-22-30-28-20-36-40(14-16-44(36,2)24-26(28)12-18-46)32-8-4-6-10-34(32)42(38(30)40)21-29(37(39)41)27(19-35(39)43)25(23-43)11-17-45;;/h3-12,21-22,27-28,35-38,45-46H,13-20,23-24H2,1-2H3;2*1H/q+2;;/p-2/b25-11-,26-12-,29-21-,30-22-;;/t27-,28-,35-,36-,37-,38-,39+,40?,43?,44?;;/m0../s1. The van der Waals surface area contributed by atoms with E-state index in [0.717, 1.165) is 34.9 Å². The fourth-order valence-electron chi connectivity index (χ4n) is 13.8. The van der Waals surface area contributed by atoms with Gasteiger partial charge in [-0.25, -0.2) is 0 Å². The summed E-state index contributed by atoms with van der Waals surface area (Å²) in [7, 11) is 5.01. The first-order chi connectivity index (χ1) is 22.4. The van der Waals surface area contributed by atoms with E-state index < -0.39 is 0 Å². The molecule has 10 atom stereocenters. The Morgan fingerprint density at radius 1 is 0.688 bits per heavy atom. The summed E-state index contributed by atoms with van der Waals surface area (Å²) in [5.41, 5.74) is 12.1. The molecular formula is C40H46Cl2N4O2. The van der Waals surface area contributed by atoms with E-state index in [-0.39, 0.29) is 60.9 Å². The maximum absolute atomic E-state index is 10.3. The average molecular weight is 686 g/mol. The van der Waals surface area contributed by atoms with Gasteiger partial charge in [0.05, 0.1) is 63.3 Å². The van der Waals surface area contributed by atoms with E-state index in [4.69, 9.17) is 0 Å². The summed E-state index contributed by atoms with van der Waals surface area (Å²) in [5, 5.41) is 20.6. The molecule has 7 heterocycles. The zero-order valence-electron chi connectivity index (χ0n) is 27.9. The maximum Gasteiger partial charge on any atom is 0.102 e. The van der Waals surface area contributed by atoms with E-state index in [0.29, 0.717) is 23.9 Å². The third-order valence-electron chi connectivity index (χ3n) is 15.3. The van der Waals surface area contributed by atoms with E-state index >= 15 is 0 Å². The number of hydrogen-bond donors (Lipinski definition) is 2. The van der Waals surface area contributed by atoms with Crippen molar-refractivity contribution >= 4 is 11.4 Å². The molecule has 0 radical (unpaired) electrons. The normalized spacial score (nSPS) is 46.6. The van der Waals surface area contributed by atoms with E-state index in [2.05, 4.69) is 97.0 Å². The van der Waals surface area contributed by atoms with Crippen molar-refractivity contribution in [2.75, 3.05) is 63.3 Å². The molecule has 2 aromatic rings. The molecular weight excluding hydrogens is 639 g/mol. The van der Waals surface area contributed by atoms with Crippen molar-refractivity contribution in [2.45, 2.75) is 60.7 Å². The summed E-state index contributed by atoms with van der Waals surface area (Å²) in [5.74, 6) is 0.709.